The number of anilines is 1. The van der Waals surface area contributed by atoms with Crippen LogP contribution in [0.4, 0.5) is 5.13 Å². The molecule has 2 aromatic carbocycles. The van der Waals surface area contributed by atoms with Crippen LogP contribution in [-0.2, 0) is 4.79 Å². The summed E-state index contributed by atoms with van der Waals surface area (Å²) < 4.78 is 6.63. The molecule has 1 aromatic heterocycles. The number of nitrogens with one attached hydrogen (secondary N) is 1. The fraction of sp³-hybridized carbons (Fsp3) is 0.273. The third kappa shape index (κ3) is 4.04. The van der Waals surface area contributed by atoms with Gasteiger partial charge in [0.2, 0.25) is 5.91 Å². The van der Waals surface area contributed by atoms with E-state index in [1.807, 2.05) is 18.2 Å². The number of thiazole rings is 1. The largest absolute Gasteiger partial charge is 0.494 e. The van der Waals surface area contributed by atoms with Crippen molar-refractivity contribution in [2.24, 2.45) is 0 Å². The summed E-state index contributed by atoms with van der Waals surface area (Å²) in [6.07, 6.45) is 2.07. The van der Waals surface area contributed by atoms with Crippen molar-refractivity contribution in [1.82, 2.24) is 9.88 Å². The molecule has 0 aliphatic carbocycles. The van der Waals surface area contributed by atoms with E-state index >= 15 is 0 Å². The van der Waals surface area contributed by atoms with Crippen molar-refractivity contribution >= 4 is 44.4 Å². The van der Waals surface area contributed by atoms with Gasteiger partial charge in [0.15, 0.2) is 5.13 Å². The minimum absolute atomic E-state index is 0.00672. The maximum atomic E-state index is 12.4. The van der Waals surface area contributed by atoms with Gasteiger partial charge in [0.05, 0.1) is 28.0 Å². The first-order valence-corrected chi connectivity index (χ1v) is 10.7. The second kappa shape index (κ2) is 8.62. The highest BCUT2D eigenvalue weighted by atomic mass is 32.1. The maximum absolute atomic E-state index is 12.4. The Morgan fingerprint density at radius 2 is 1.87 bits per heavy atom. The van der Waals surface area contributed by atoms with E-state index in [4.69, 9.17) is 4.74 Å². The zero-order chi connectivity index (χ0) is 21.1. The second-order valence-electron chi connectivity index (χ2n) is 6.96. The van der Waals surface area contributed by atoms with Crippen LogP contribution in [-0.4, -0.2) is 40.8 Å². The molecule has 0 spiro atoms. The van der Waals surface area contributed by atoms with Crippen molar-refractivity contribution in [3.63, 3.8) is 0 Å². The van der Waals surface area contributed by atoms with Gasteiger partial charge in [-0.3, -0.25) is 19.3 Å². The Bertz CT molecular complexity index is 1090. The molecule has 0 saturated heterocycles. The highest BCUT2D eigenvalue weighted by molar-refractivity contribution is 7.22. The number of ether oxygens (including phenoxy) is 1. The van der Waals surface area contributed by atoms with Crippen molar-refractivity contribution in [3.05, 3.63) is 53.6 Å². The van der Waals surface area contributed by atoms with E-state index in [1.54, 1.807) is 24.3 Å². The molecule has 30 heavy (non-hydrogen) atoms. The number of carbonyl (C=O) groups is 3. The van der Waals surface area contributed by atoms with Crippen LogP contribution in [0.3, 0.4) is 0 Å². The van der Waals surface area contributed by atoms with Gasteiger partial charge in [-0.1, -0.05) is 36.8 Å². The molecule has 4 rings (SSSR count). The summed E-state index contributed by atoms with van der Waals surface area (Å²) in [5.74, 6) is -0.244. The van der Waals surface area contributed by atoms with Crippen molar-refractivity contribution in [2.75, 3.05) is 18.5 Å². The highest BCUT2D eigenvalue weighted by Gasteiger charge is 2.34. The summed E-state index contributed by atoms with van der Waals surface area (Å²) in [5, 5.41) is 3.23. The quantitative estimate of drug-likeness (QED) is 0.435. The number of rotatable bonds is 8. The summed E-state index contributed by atoms with van der Waals surface area (Å²) in [4.78, 5) is 42.6. The standard InChI is InChI=1S/C22H21N3O4S/c1-2-3-12-29-14-8-9-17-18(13-14)30-22(23-17)24-19(26)10-11-25-20(27)15-6-4-5-7-16(15)21(25)28/h4-9,13H,2-3,10-12H2,1H3,(H,23,24,26). The summed E-state index contributed by atoms with van der Waals surface area (Å²) in [6, 6.07) is 12.3. The van der Waals surface area contributed by atoms with E-state index in [0.717, 1.165) is 33.7 Å². The summed E-state index contributed by atoms with van der Waals surface area (Å²) in [7, 11) is 0. The summed E-state index contributed by atoms with van der Waals surface area (Å²) in [5.41, 5.74) is 1.54. The molecule has 3 amide bonds. The molecular formula is C22H21N3O4S. The Kier molecular flexibility index (Phi) is 5.76. The minimum atomic E-state index is -0.362. The molecule has 1 N–H and O–H groups in total. The number of fused-ring (bicyclic) bond motifs is 2. The predicted molar refractivity (Wildman–Crippen MR) is 115 cm³/mol. The second-order valence-corrected chi connectivity index (χ2v) is 7.99. The zero-order valence-electron chi connectivity index (χ0n) is 16.5. The highest BCUT2D eigenvalue weighted by Crippen LogP contribution is 2.29. The third-order valence-electron chi connectivity index (χ3n) is 4.81. The first-order valence-electron chi connectivity index (χ1n) is 9.85. The Balaban J connectivity index is 1.36. The Hall–Kier alpha value is -3.26. The van der Waals surface area contributed by atoms with Gasteiger partial charge in [0, 0.05) is 13.0 Å². The van der Waals surface area contributed by atoms with Crippen LogP contribution < -0.4 is 10.1 Å². The van der Waals surface area contributed by atoms with Gasteiger partial charge in [-0.05, 0) is 36.8 Å². The van der Waals surface area contributed by atoms with Crippen LogP contribution in [0.5, 0.6) is 5.75 Å². The van der Waals surface area contributed by atoms with Gasteiger partial charge >= 0.3 is 0 Å². The molecule has 0 saturated carbocycles. The number of hydrogen-bond acceptors (Lipinski definition) is 6. The topological polar surface area (TPSA) is 88.6 Å². The molecule has 2 heterocycles. The normalized spacial score (nSPS) is 13.0. The number of aromatic nitrogens is 1. The van der Waals surface area contributed by atoms with Crippen LogP contribution in [0.25, 0.3) is 10.2 Å². The summed E-state index contributed by atoms with van der Waals surface area (Å²) >= 11 is 1.36. The first kappa shape index (κ1) is 20.0. The molecule has 154 valence electrons. The fourth-order valence-electron chi connectivity index (χ4n) is 3.22. The molecular weight excluding hydrogens is 402 g/mol. The number of unbranched alkanes of at least 4 members (excludes halogenated alkanes) is 1. The van der Waals surface area contributed by atoms with Crippen molar-refractivity contribution in [2.45, 2.75) is 26.2 Å². The van der Waals surface area contributed by atoms with E-state index in [9.17, 15) is 14.4 Å². The number of benzene rings is 2. The Morgan fingerprint density at radius 3 is 2.57 bits per heavy atom. The van der Waals surface area contributed by atoms with E-state index in [-0.39, 0.29) is 30.7 Å². The molecule has 7 nitrogen and oxygen atoms in total. The molecule has 0 unspecified atom stereocenters. The number of amides is 3. The van der Waals surface area contributed by atoms with Gasteiger partial charge in [-0.15, -0.1) is 0 Å². The molecule has 1 aliphatic heterocycles. The monoisotopic (exact) mass is 423 g/mol. The van der Waals surface area contributed by atoms with E-state index in [2.05, 4.69) is 17.2 Å². The lowest BCUT2D eigenvalue weighted by Crippen LogP contribution is -2.32. The van der Waals surface area contributed by atoms with Crippen LogP contribution in [0, 0.1) is 0 Å². The predicted octanol–water partition coefficient (Wildman–Crippen LogP) is 4.10. The van der Waals surface area contributed by atoms with Gasteiger partial charge in [0.25, 0.3) is 11.8 Å². The molecule has 0 fully saturated rings. The molecule has 8 heteroatoms. The van der Waals surface area contributed by atoms with Crippen LogP contribution in [0.1, 0.15) is 46.9 Å². The number of carbonyl (C=O) groups excluding carboxylic acids is 3. The van der Waals surface area contributed by atoms with Gasteiger partial charge in [0.1, 0.15) is 5.75 Å². The van der Waals surface area contributed by atoms with E-state index < -0.39 is 0 Å². The minimum Gasteiger partial charge on any atom is -0.494 e. The lowest BCUT2D eigenvalue weighted by atomic mass is 10.1. The van der Waals surface area contributed by atoms with Crippen molar-refractivity contribution in [1.29, 1.82) is 0 Å². The van der Waals surface area contributed by atoms with Crippen LogP contribution in [0.2, 0.25) is 0 Å². The number of hydrogen-bond donors (Lipinski definition) is 1. The van der Waals surface area contributed by atoms with Crippen LogP contribution >= 0.6 is 11.3 Å². The molecule has 1 aliphatic rings. The van der Waals surface area contributed by atoms with Crippen molar-refractivity contribution in [3.8, 4) is 5.75 Å². The van der Waals surface area contributed by atoms with Gasteiger partial charge in [-0.2, -0.15) is 0 Å². The number of imide groups is 1. The Morgan fingerprint density at radius 1 is 1.13 bits per heavy atom. The fourth-order valence-corrected chi connectivity index (χ4v) is 4.13. The SMILES string of the molecule is CCCCOc1ccc2nc(NC(=O)CCN3C(=O)c4ccccc4C3=O)sc2c1. The van der Waals surface area contributed by atoms with E-state index in [0.29, 0.717) is 22.9 Å². The maximum Gasteiger partial charge on any atom is 0.261 e. The van der Waals surface area contributed by atoms with Gasteiger partial charge in [-0.25, -0.2) is 4.98 Å². The smallest absolute Gasteiger partial charge is 0.261 e. The Labute approximate surface area is 177 Å². The van der Waals surface area contributed by atoms with E-state index in [1.165, 1.54) is 11.3 Å². The summed E-state index contributed by atoms with van der Waals surface area (Å²) in [6.45, 7) is 2.81. The average molecular weight is 423 g/mol. The first-order chi connectivity index (χ1) is 14.6. The van der Waals surface area contributed by atoms with Crippen LogP contribution in [0.15, 0.2) is 42.5 Å². The third-order valence-corrected chi connectivity index (χ3v) is 5.75. The molecule has 0 atom stereocenters. The molecule has 0 radical (unpaired) electrons. The van der Waals surface area contributed by atoms with Crippen molar-refractivity contribution < 1.29 is 19.1 Å². The molecule has 0 bridgehead atoms. The average Bonchev–Trinajstić information content (AvgIpc) is 3.25. The number of nitrogens with zero attached hydrogens (tertiary/aromatic N) is 2. The molecule has 3 aromatic rings. The van der Waals surface area contributed by atoms with Gasteiger partial charge < -0.3 is 10.1 Å². The lowest BCUT2D eigenvalue weighted by Gasteiger charge is -2.12. The lowest BCUT2D eigenvalue weighted by molar-refractivity contribution is -0.116. The zero-order valence-corrected chi connectivity index (χ0v) is 17.3.